The molecule has 0 aromatic heterocycles. The Morgan fingerprint density at radius 1 is 0.941 bits per heavy atom. The van der Waals surface area contributed by atoms with Gasteiger partial charge in [0.25, 0.3) is 0 Å². The predicted octanol–water partition coefficient (Wildman–Crippen LogP) is 4.42. The maximum Gasteiger partial charge on any atom is 0.127 e. The molecule has 2 rings (SSSR count). The summed E-state index contributed by atoms with van der Waals surface area (Å²) in [6.45, 7) is 5.72. The third-order valence-electron chi connectivity index (χ3n) is 2.19. The summed E-state index contributed by atoms with van der Waals surface area (Å²) in [5.41, 5.74) is 1.93. The number of nitrogens with one attached hydrogen (secondary N) is 1. The summed E-state index contributed by atoms with van der Waals surface area (Å²) in [5.74, 6) is 1.66. The van der Waals surface area contributed by atoms with Crippen LogP contribution in [0.3, 0.4) is 0 Å². The number of hydrogen-bond acceptors (Lipinski definition) is 2. The second-order valence-corrected chi connectivity index (χ2v) is 3.84. The van der Waals surface area contributed by atoms with E-state index in [0.717, 1.165) is 22.9 Å². The van der Waals surface area contributed by atoms with Crippen LogP contribution < -0.4 is 10.1 Å². The molecule has 86 valence electrons. The van der Waals surface area contributed by atoms with Crippen LogP contribution in [0, 0.1) is 0 Å². The average Bonchev–Trinajstić information content (AvgIpc) is 2.32. The van der Waals surface area contributed by atoms with Gasteiger partial charge in [-0.25, -0.2) is 0 Å². The van der Waals surface area contributed by atoms with Crippen molar-refractivity contribution < 1.29 is 4.74 Å². The Bertz CT molecular complexity index is 488. The first kappa shape index (κ1) is 11.3. The van der Waals surface area contributed by atoms with Gasteiger partial charge in [-0.1, -0.05) is 24.8 Å². The molecular formula is C15H15NO. The van der Waals surface area contributed by atoms with Crippen LogP contribution in [0.4, 0.5) is 5.69 Å². The Balaban J connectivity index is 2.06. The summed E-state index contributed by atoms with van der Waals surface area (Å²) in [6.07, 6.45) is 0. The van der Waals surface area contributed by atoms with E-state index >= 15 is 0 Å². The fourth-order valence-electron chi connectivity index (χ4n) is 1.48. The first-order valence-corrected chi connectivity index (χ1v) is 5.49. The minimum absolute atomic E-state index is 0.823. The van der Waals surface area contributed by atoms with Crippen molar-refractivity contribution >= 4 is 5.69 Å². The van der Waals surface area contributed by atoms with Gasteiger partial charge in [-0.2, -0.15) is 0 Å². The van der Waals surface area contributed by atoms with Crippen LogP contribution in [0.15, 0.2) is 66.9 Å². The molecule has 0 saturated heterocycles. The van der Waals surface area contributed by atoms with E-state index in [-0.39, 0.29) is 0 Å². The van der Waals surface area contributed by atoms with Crippen molar-refractivity contribution in [2.75, 3.05) is 5.32 Å². The van der Waals surface area contributed by atoms with E-state index in [9.17, 15) is 0 Å². The molecule has 0 saturated carbocycles. The summed E-state index contributed by atoms with van der Waals surface area (Å²) in [5, 5.41) is 3.15. The molecule has 0 radical (unpaired) electrons. The lowest BCUT2D eigenvalue weighted by molar-refractivity contribution is 0.483. The van der Waals surface area contributed by atoms with Crippen molar-refractivity contribution in [2.45, 2.75) is 6.92 Å². The van der Waals surface area contributed by atoms with E-state index in [1.165, 1.54) is 0 Å². The quantitative estimate of drug-likeness (QED) is 0.831. The maximum absolute atomic E-state index is 5.69. The standard InChI is InChI=1S/C15H15NO/c1-12(2)16-13-8-10-15(11-9-13)17-14-6-4-3-5-7-14/h3-11,16H,1H2,2H3. The number of benzene rings is 2. The SMILES string of the molecule is C=C(C)Nc1ccc(Oc2ccccc2)cc1. The smallest absolute Gasteiger partial charge is 0.127 e. The van der Waals surface area contributed by atoms with E-state index < -0.39 is 0 Å². The number of anilines is 1. The maximum atomic E-state index is 5.69. The van der Waals surface area contributed by atoms with Crippen LogP contribution in [-0.2, 0) is 0 Å². The minimum atomic E-state index is 0.823. The van der Waals surface area contributed by atoms with Gasteiger partial charge < -0.3 is 10.1 Å². The average molecular weight is 225 g/mol. The molecule has 0 aliphatic heterocycles. The summed E-state index contributed by atoms with van der Waals surface area (Å²) in [6, 6.07) is 17.5. The van der Waals surface area contributed by atoms with Gasteiger partial charge >= 0.3 is 0 Å². The second kappa shape index (κ2) is 5.21. The molecule has 0 unspecified atom stereocenters. The number of rotatable bonds is 4. The van der Waals surface area contributed by atoms with E-state index in [2.05, 4.69) is 11.9 Å². The normalized spacial score (nSPS) is 9.71. The van der Waals surface area contributed by atoms with Crippen molar-refractivity contribution in [1.29, 1.82) is 0 Å². The summed E-state index contributed by atoms with van der Waals surface area (Å²) in [4.78, 5) is 0. The number of ether oxygens (including phenoxy) is 1. The van der Waals surface area contributed by atoms with E-state index in [0.29, 0.717) is 0 Å². The molecule has 0 aliphatic carbocycles. The molecule has 2 aromatic carbocycles. The van der Waals surface area contributed by atoms with Gasteiger partial charge in [-0.3, -0.25) is 0 Å². The highest BCUT2D eigenvalue weighted by molar-refractivity contribution is 5.50. The Labute approximate surface area is 102 Å². The predicted molar refractivity (Wildman–Crippen MR) is 71.4 cm³/mol. The van der Waals surface area contributed by atoms with Crippen LogP contribution in [0.2, 0.25) is 0 Å². The van der Waals surface area contributed by atoms with Crippen molar-refractivity contribution in [3.63, 3.8) is 0 Å². The molecule has 2 heteroatoms. The molecule has 0 bridgehead atoms. The Morgan fingerprint density at radius 3 is 2.12 bits per heavy atom. The van der Waals surface area contributed by atoms with Crippen LogP contribution in [0.5, 0.6) is 11.5 Å². The summed E-state index contributed by atoms with van der Waals surface area (Å²) >= 11 is 0. The Hall–Kier alpha value is -2.22. The van der Waals surface area contributed by atoms with Crippen molar-refractivity contribution in [3.05, 3.63) is 66.9 Å². The monoisotopic (exact) mass is 225 g/mol. The van der Waals surface area contributed by atoms with Crippen molar-refractivity contribution in [3.8, 4) is 11.5 Å². The first-order valence-electron chi connectivity index (χ1n) is 5.49. The molecule has 0 heterocycles. The van der Waals surface area contributed by atoms with E-state index in [1.807, 2.05) is 61.5 Å². The van der Waals surface area contributed by atoms with Crippen LogP contribution >= 0.6 is 0 Å². The molecular weight excluding hydrogens is 210 g/mol. The summed E-state index contributed by atoms with van der Waals surface area (Å²) in [7, 11) is 0. The zero-order valence-corrected chi connectivity index (χ0v) is 9.81. The number of para-hydroxylation sites is 1. The number of hydrogen-bond donors (Lipinski definition) is 1. The molecule has 0 spiro atoms. The number of allylic oxidation sites excluding steroid dienone is 1. The Morgan fingerprint density at radius 2 is 1.53 bits per heavy atom. The zero-order valence-electron chi connectivity index (χ0n) is 9.81. The molecule has 2 aromatic rings. The van der Waals surface area contributed by atoms with Gasteiger partial charge in [0.2, 0.25) is 0 Å². The van der Waals surface area contributed by atoms with Gasteiger partial charge in [0.1, 0.15) is 11.5 Å². The topological polar surface area (TPSA) is 21.3 Å². The molecule has 0 fully saturated rings. The lowest BCUT2D eigenvalue weighted by Gasteiger charge is -2.08. The van der Waals surface area contributed by atoms with E-state index in [1.54, 1.807) is 0 Å². The third-order valence-corrected chi connectivity index (χ3v) is 2.19. The molecule has 0 amide bonds. The Kier molecular flexibility index (Phi) is 3.46. The lowest BCUT2D eigenvalue weighted by Crippen LogP contribution is -1.93. The van der Waals surface area contributed by atoms with Crippen molar-refractivity contribution in [1.82, 2.24) is 0 Å². The third kappa shape index (κ3) is 3.38. The molecule has 17 heavy (non-hydrogen) atoms. The largest absolute Gasteiger partial charge is 0.457 e. The van der Waals surface area contributed by atoms with Crippen molar-refractivity contribution in [2.24, 2.45) is 0 Å². The highest BCUT2D eigenvalue weighted by atomic mass is 16.5. The van der Waals surface area contributed by atoms with Gasteiger partial charge in [-0.05, 0) is 43.3 Å². The molecule has 1 N–H and O–H groups in total. The highest BCUT2D eigenvalue weighted by Gasteiger charge is 1.96. The van der Waals surface area contributed by atoms with Gasteiger partial charge in [0.05, 0.1) is 0 Å². The first-order chi connectivity index (χ1) is 8.24. The van der Waals surface area contributed by atoms with Gasteiger partial charge in [0, 0.05) is 11.4 Å². The molecule has 2 nitrogen and oxygen atoms in total. The van der Waals surface area contributed by atoms with Crippen LogP contribution in [-0.4, -0.2) is 0 Å². The fraction of sp³-hybridized carbons (Fsp3) is 0.0667. The molecule has 0 aliphatic rings. The lowest BCUT2D eigenvalue weighted by atomic mass is 10.3. The zero-order chi connectivity index (χ0) is 12.1. The van der Waals surface area contributed by atoms with Gasteiger partial charge in [0.15, 0.2) is 0 Å². The second-order valence-electron chi connectivity index (χ2n) is 3.84. The van der Waals surface area contributed by atoms with Crippen LogP contribution in [0.1, 0.15) is 6.92 Å². The molecule has 0 atom stereocenters. The van der Waals surface area contributed by atoms with Gasteiger partial charge in [-0.15, -0.1) is 0 Å². The minimum Gasteiger partial charge on any atom is -0.457 e. The highest BCUT2D eigenvalue weighted by Crippen LogP contribution is 2.22. The van der Waals surface area contributed by atoms with E-state index in [4.69, 9.17) is 4.74 Å². The fourth-order valence-corrected chi connectivity index (χ4v) is 1.48. The van der Waals surface area contributed by atoms with Crippen LogP contribution in [0.25, 0.3) is 0 Å². The summed E-state index contributed by atoms with van der Waals surface area (Å²) < 4.78 is 5.69.